The fourth-order valence-corrected chi connectivity index (χ4v) is 5.84. The zero-order valence-corrected chi connectivity index (χ0v) is 20.9. The Hall–Kier alpha value is -4.37. The molecule has 1 unspecified atom stereocenters. The molecule has 4 heterocycles. The number of carbonyl (C=O) groups excluding carboxylic acids is 1. The van der Waals surface area contributed by atoms with Crippen molar-refractivity contribution in [1.29, 1.82) is 0 Å². The van der Waals surface area contributed by atoms with Gasteiger partial charge in [-0.05, 0) is 43.0 Å². The highest BCUT2D eigenvalue weighted by Gasteiger charge is 2.24. The van der Waals surface area contributed by atoms with Crippen molar-refractivity contribution < 1.29 is 4.79 Å². The Bertz CT molecular complexity index is 1760. The first-order chi connectivity index (χ1) is 18.0. The summed E-state index contributed by atoms with van der Waals surface area (Å²) in [6.07, 6.45) is 6.46. The summed E-state index contributed by atoms with van der Waals surface area (Å²) in [5, 5.41) is 8.71. The van der Waals surface area contributed by atoms with E-state index in [0.29, 0.717) is 16.7 Å². The third-order valence-electron chi connectivity index (χ3n) is 6.50. The van der Waals surface area contributed by atoms with Crippen molar-refractivity contribution in [3.63, 3.8) is 0 Å². The number of pyridine rings is 1. The maximum absolute atomic E-state index is 14.1. The molecule has 1 amide bonds. The number of thioether (sulfide) groups is 1. The second-order valence-corrected chi connectivity index (χ2v) is 10.0. The number of anilines is 1. The number of nitrogen functional groups attached to an aromatic ring is 1. The second kappa shape index (κ2) is 9.25. The fraction of sp³-hybridized carbons (Fsp3) is 0.143. The van der Waals surface area contributed by atoms with Crippen LogP contribution >= 0.6 is 11.8 Å². The molecule has 3 aromatic heterocycles. The molecule has 0 fully saturated rings. The summed E-state index contributed by atoms with van der Waals surface area (Å²) in [7, 11) is 0. The van der Waals surface area contributed by atoms with Gasteiger partial charge in [0.15, 0.2) is 11.5 Å². The SMILES string of the molecule is CC(NC(=O)c1c(N)nn2cccnc12)c1cc2cccc(C3=CCCS3)c2c(=O)n1-c1ccccc1. The number of fused-ring (bicyclic) bond motifs is 2. The van der Waals surface area contributed by atoms with Crippen LogP contribution in [0.1, 0.15) is 41.0 Å². The van der Waals surface area contributed by atoms with Gasteiger partial charge in [0.2, 0.25) is 0 Å². The van der Waals surface area contributed by atoms with Gasteiger partial charge >= 0.3 is 0 Å². The molecule has 3 N–H and O–H groups in total. The summed E-state index contributed by atoms with van der Waals surface area (Å²) in [6.45, 7) is 1.85. The minimum atomic E-state index is -0.522. The predicted molar refractivity (Wildman–Crippen MR) is 148 cm³/mol. The molecule has 9 heteroatoms. The summed E-state index contributed by atoms with van der Waals surface area (Å²) >= 11 is 1.77. The number of nitrogens with two attached hydrogens (primary N) is 1. The summed E-state index contributed by atoms with van der Waals surface area (Å²) in [4.78, 5) is 32.9. The van der Waals surface area contributed by atoms with E-state index < -0.39 is 11.9 Å². The van der Waals surface area contributed by atoms with Crippen molar-refractivity contribution in [3.05, 3.63) is 106 Å². The minimum Gasteiger partial charge on any atom is -0.381 e. The number of nitrogens with zero attached hydrogens (tertiary/aromatic N) is 4. The predicted octanol–water partition coefficient (Wildman–Crippen LogP) is 4.58. The monoisotopic (exact) mass is 508 g/mol. The molecule has 37 heavy (non-hydrogen) atoms. The van der Waals surface area contributed by atoms with Crippen LogP contribution in [0.4, 0.5) is 5.82 Å². The lowest BCUT2D eigenvalue weighted by molar-refractivity contribution is 0.0941. The Morgan fingerprint density at radius 3 is 2.76 bits per heavy atom. The van der Waals surface area contributed by atoms with E-state index in [0.717, 1.165) is 33.7 Å². The lowest BCUT2D eigenvalue weighted by Gasteiger charge is -2.21. The van der Waals surface area contributed by atoms with E-state index in [2.05, 4.69) is 21.5 Å². The minimum absolute atomic E-state index is 0.0920. The van der Waals surface area contributed by atoms with E-state index in [-0.39, 0.29) is 16.9 Å². The molecule has 0 spiro atoms. The first kappa shape index (κ1) is 23.1. The van der Waals surface area contributed by atoms with Crippen LogP contribution in [0.15, 0.2) is 83.9 Å². The summed E-state index contributed by atoms with van der Waals surface area (Å²) in [6, 6.07) is 18.6. The molecule has 0 aliphatic carbocycles. The van der Waals surface area contributed by atoms with Gasteiger partial charge in [-0.3, -0.25) is 14.2 Å². The first-order valence-corrected chi connectivity index (χ1v) is 13.0. The maximum atomic E-state index is 14.1. The smallest absolute Gasteiger partial charge is 0.263 e. The van der Waals surface area contributed by atoms with Gasteiger partial charge in [-0.25, -0.2) is 9.50 Å². The van der Waals surface area contributed by atoms with Crippen LogP contribution in [-0.2, 0) is 0 Å². The number of nitrogens with one attached hydrogen (secondary N) is 1. The molecule has 0 bridgehead atoms. The van der Waals surface area contributed by atoms with Gasteiger partial charge in [0, 0.05) is 40.0 Å². The average Bonchev–Trinajstić information content (AvgIpc) is 3.56. The first-order valence-electron chi connectivity index (χ1n) is 12.0. The Morgan fingerprint density at radius 2 is 1.97 bits per heavy atom. The number of hydrogen-bond acceptors (Lipinski definition) is 6. The number of carbonyl (C=O) groups is 1. The normalized spacial score (nSPS) is 14.1. The van der Waals surface area contributed by atoms with Crippen LogP contribution in [0.25, 0.3) is 27.0 Å². The van der Waals surface area contributed by atoms with Gasteiger partial charge in [0.1, 0.15) is 5.56 Å². The van der Waals surface area contributed by atoms with Gasteiger partial charge in [-0.2, -0.15) is 0 Å². The number of aromatic nitrogens is 4. The quantitative estimate of drug-likeness (QED) is 0.360. The van der Waals surface area contributed by atoms with Crippen LogP contribution < -0.4 is 16.6 Å². The van der Waals surface area contributed by atoms with E-state index in [1.165, 1.54) is 4.52 Å². The fourth-order valence-electron chi connectivity index (χ4n) is 4.82. The summed E-state index contributed by atoms with van der Waals surface area (Å²) < 4.78 is 3.16. The van der Waals surface area contributed by atoms with Crippen molar-refractivity contribution in [2.24, 2.45) is 0 Å². The molecule has 0 saturated carbocycles. The topological polar surface area (TPSA) is 107 Å². The van der Waals surface area contributed by atoms with Gasteiger partial charge in [-0.1, -0.05) is 42.5 Å². The van der Waals surface area contributed by atoms with Gasteiger partial charge in [0.05, 0.1) is 11.4 Å². The Kier molecular flexibility index (Phi) is 5.77. The van der Waals surface area contributed by atoms with Crippen molar-refractivity contribution in [3.8, 4) is 5.69 Å². The number of hydrogen-bond donors (Lipinski definition) is 2. The van der Waals surface area contributed by atoms with E-state index in [9.17, 15) is 9.59 Å². The zero-order chi connectivity index (χ0) is 25.5. The molecular weight excluding hydrogens is 484 g/mol. The number of rotatable bonds is 5. The standard InChI is InChI=1S/C28H24N6O2S/c1-17(31-27(35)24-25(29)32-33-14-7-13-30-26(24)33)21-16-18-8-5-11-20(22-12-6-15-37-22)23(18)28(36)34(21)19-9-3-2-4-10-19/h2-5,7-14,16-17H,6,15H2,1H3,(H2,29,32)(H,31,35). The van der Waals surface area contributed by atoms with E-state index in [1.54, 1.807) is 34.8 Å². The van der Waals surface area contributed by atoms with Gasteiger partial charge in [0.25, 0.3) is 11.5 Å². The van der Waals surface area contributed by atoms with Crippen LogP contribution in [0.2, 0.25) is 0 Å². The van der Waals surface area contributed by atoms with E-state index >= 15 is 0 Å². The largest absolute Gasteiger partial charge is 0.381 e. The van der Waals surface area contributed by atoms with Crippen molar-refractivity contribution >= 4 is 44.8 Å². The second-order valence-electron chi connectivity index (χ2n) is 8.86. The number of para-hydroxylation sites is 1. The van der Waals surface area contributed by atoms with Gasteiger partial charge in [-0.15, -0.1) is 16.9 Å². The average molecular weight is 509 g/mol. The molecule has 184 valence electrons. The van der Waals surface area contributed by atoms with E-state index in [4.69, 9.17) is 5.73 Å². The maximum Gasteiger partial charge on any atom is 0.263 e. The Morgan fingerprint density at radius 1 is 1.14 bits per heavy atom. The van der Waals surface area contributed by atoms with Crippen molar-refractivity contribution in [1.82, 2.24) is 24.5 Å². The van der Waals surface area contributed by atoms with Crippen LogP contribution in [0.3, 0.4) is 0 Å². The summed E-state index contributed by atoms with van der Waals surface area (Å²) in [5.41, 5.74) is 8.85. The molecule has 8 nitrogen and oxygen atoms in total. The highest BCUT2D eigenvalue weighted by atomic mass is 32.2. The molecule has 0 radical (unpaired) electrons. The summed E-state index contributed by atoms with van der Waals surface area (Å²) in [5.74, 6) is 0.697. The number of amides is 1. The Balaban J connectivity index is 1.50. The Labute approximate surface area is 216 Å². The molecule has 1 aliphatic heterocycles. The van der Waals surface area contributed by atoms with Crippen LogP contribution in [0, 0.1) is 0 Å². The third kappa shape index (κ3) is 3.97. The molecule has 6 rings (SSSR count). The zero-order valence-electron chi connectivity index (χ0n) is 20.1. The van der Waals surface area contributed by atoms with Crippen LogP contribution in [0.5, 0.6) is 0 Å². The van der Waals surface area contributed by atoms with Crippen molar-refractivity contribution in [2.45, 2.75) is 19.4 Å². The number of benzene rings is 2. The van der Waals surface area contributed by atoms with Crippen LogP contribution in [-0.4, -0.2) is 30.8 Å². The molecule has 1 aliphatic rings. The van der Waals surface area contributed by atoms with Gasteiger partial charge < -0.3 is 11.1 Å². The van der Waals surface area contributed by atoms with E-state index in [1.807, 2.05) is 61.5 Å². The molecular formula is C28H24N6O2S. The molecule has 5 aromatic rings. The lowest BCUT2D eigenvalue weighted by atomic mass is 10.0. The van der Waals surface area contributed by atoms with Crippen molar-refractivity contribution in [2.75, 3.05) is 11.5 Å². The highest BCUT2D eigenvalue weighted by Crippen LogP contribution is 2.37. The molecule has 1 atom stereocenters. The number of allylic oxidation sites excluding steroid dienone is 1. The molecule has 0 saturated heterocycles. The lowest BCUT2D eigenvalue weighted by Crippen LogP contribution is -2.32. The third-order valence-corrected chi connectivity index (χ3v) is 7.64. The molecule has 2 aromatic carbocycles. The highest BCUT2D eigenvalue weighted by molar-refractivity contribution is 8.08.